The van der Waals surface area contributed by atoms with Gasteiger partial charge in [0.2, 0.25) is 5.54 Å². The lowest BCUT2D eigenvalue weighted by Gasteiger charge is -2.35. The zero-order valence-electron chi connectivity index (χ0n) is 12.2. The van der Waals surface area contributed by atoms with Crippen LogP contribution in [-0.2, 0) is 0 Å². The van der Waals surface area contributed by atoms with Crippen LogP contribution < -0.4 is 0 Å². The number of rotatable bonds is 2. The SMILES string of the molecule is O=[N+]([O-])C1(C2CCCCCCC2)CCCCCCC1. The second-order valence-electron chi connectivity index (χ2n) is 6.67. The van der Waals surface area contributed by atoms with Gasteiger partial charge in [0.15, 0.2) is 0 Å². The van der Waals surface area contributed by atoms with E-state index in [1.807, 2.05) is 0 Å². The highest BCUT2D eigenvalue weighted by Crippen LogP contribution is 2.41. The van der Waals surface area contributed by atoms with E-state index in [4.69, 9.17) is 0 Å². The Balaban J connectivity index is 2.12. The molecule has 0 aromatic heterocycles. The maximum Gasteiger partial charge on any atom is 0.225 e. The van der Waals surface area contributed by atoms with E-state index >= 15 is 0 Å². The van der Waals surface area contributed by atoms with Gasteiger partial charge < -0.3 is 0 Å². The molecule has 0 bridgehead atoms. The van der Waals surface area contributed by atoms with E-state index in [9.17, 15) is 10.1 Å². The topological polar surface area (TPSA) is 43.1 Å². The van der Waals surface area contributed by atoms with Gasteiger partial charge in [-0.25, -0.2) is 0 Å². The van der Waals surface area contributed by atoms with Gasteiger partial charge in [0.05, 0.1) is 0 Å². The van der Waals surface area contributed by atoms with Crippen molar-refractivity contribution >= 4 is 0 Å². The number of nitrogens with zero attached hydrogens (tertiary/aromatic N) is 1. The molecule has 2 fully saturated rings. The van der Waals surface area contributed by atoms with Crippen LogP contribution >= 0.6 is 0 Å². The summed E-state index contributed by atoms with van der Waals surface area (Å²) in [5.74, 6) is 0.348. The average molecular weight is 267 g/mol. The van der Waals surface area contributed by atoms with Gasteiger partial charge in [0, 0.05) is 23.7 Å². The molecule has 0 spiro atoms. The van der Waals surface area contributed by atoms with Gasteiger partial charge in [-0.2, -0.15) is 0 Å². The molecule has 0 N–H and O–H groups in total. The lowest BCUT2D eigenvalue weighted by molar-refractivity contribution is -0.585. The highest BCUT2D eigenvalue weighted by Gasteiger charge is 2.48. The Morgan fingerprint density at radius 3 is 1.63 bits per heavy atom. The Morgan fingerprint density at radius 2 is 1.16 bits per heavy atom. The fourth-order valence-electron chi connectivity index (χ4n) is 4.25. The molecule has 19 heavy (non-hydrogen) atoms. The normalized spacial score (nSPS) is 26.7. The summed E-state index contributed by atoms with van der Waals surface area (Å²) in [7, 11) is 0. The van der Waals surface area contributed by atoms with Crippen molar-refractivity contribution in [3.8, 4) is 0 Å². The molecule has 0 aromatic rings. The molecule has 0 heterocycles. The summed E-state index contributed by atoms with van der Waals surface area (Å²) in [6.45, 7) is 0. The third-order valence-corrected chi connectivity index (χ3v) is 5.45. The van der Waals surface area contributed by atoms with E-state index in [0.29, 0.717) is 5.92 Å². The van der Waals surface area contributed by atoms with Crippen LogP contribution in [-0.4, -0.2) is 10.5 Å². The van der Waals surface area contributed by atoms with Crippen molar-refractivity contribution in [3.05, 3.63) is 10.1 Å². The van der Waals surface area contributed by atoms with Gasteiger partial charge in [-0.15, -0.1) is 0 Å². The van der Waals surface area contributed by atoms with Crippen LogP contribution in [0.1, 0.15) is 89.9 Å². The van der Waals surface area contributed by atoms with Crippen molar-refractivity contribution in [3.63, 3.8) is 0 Å². The largest absolute Gasteiger partial charge is 0.264 e. The van der Waals surface area contributed by atoms with Gasteiger partial charge in [0.25, 0.3) is 0 Å². The van der Waals surface area contributed by atoms with Gasteiger partial charge in [0.1, 0.15) is 0 Å². The lowest BCUT2D eigenvalue weighted by Crippen LogP contribution is -2.46. The summed E-state index contributed by atoms with van der Waals surface area (Å²) in [6.07, 6.45) is 16.0. The second-order valence-corrected chi connectivity index (χ2v) is 6.67. The van der Waals surface area contributed by atoms with Crippen molar-refractivity contribution in [1.29, 1.82) is 0 Å². The third kappa shape index (κ3) is 3.70. The maximum atomic E-state index is 11.8. The second kappa shape index (κ2) is 7.25. The summed E-state index contributed by atoms with van der Waals surface area (Å²) < 4.78 is 0. The molecular weight excluding hydrogens is 238 g/mol. The molecule has 3 heteroatoms. The summed E-state index contributed by atoms with van der Waals surface area (Å²) in [5.41, 5.74) is -0.572. The van der Waals surface area contributed by atoms with Crippen LogP contribution in [0.2, 0.25) is 0 Å². The molecular formula is C16H29NO2. The van der Waals surface area contributed by atoms with Crippen molar-refractivity contribution in [2.75, 3.05) is 0 Å². The van der Waals surface area contributed by atoms with E-state index in [0.717, 1.165) is 38.5 Å². The number of nitro groups is 1. The predicted molar refractivity (Wildman–Crippen MR) is 77.9 cm³/mol. The standard InChI is InChI=1S/C16H29NO2/c18-17(19)16(13-9-5-2-6-10-14-16)15-11-7-3-1-4-8-12-15/h15H,1-14H2. The molecule has 2 aliphatic rings. The summed E-state index contributed by atoms with van der Waals surface area (Å²) in [6, 6.07) is 0. The van der Waals surface area contributed by atoms with Crippen LogP contribution in [0.4, 0.5) is 0 Å². The van der Waals surface area contributed by atoms with E-state index in [1.54, 1.807) is 0 Å². The molecule has 0 saturated heterocycles. The van der Waals surface area contributed by atoms with Crippen molar-refractivity contribution in [2.24, 2.45) is 5.92 Å². The Hall–Kier alpha value is -0.600. The van der Waals surface area contributed by atoms with Crippen molar-refractivity contribution in [2.45, 2.75) is 95.4 Å². The molecule has 0 atom stereocenters. The average Bonchev–Trinajstić information content (AvgIpc) is 2.29. The van der Waals surface area contributed by atoms with Crippen molar-refractivity contribution in [1.82, 2.24) is 0 Å². The molecule has 3 nitrogen and oxygen atoms in total. The number of hydrogen-bond donors (Lipinski definition) is 0. The zero-order valence-corrected chi connectivity index (χ0v) is 12.2. The minimum Gasteiger partial charge on any atom is -0.264 e. The molecule has 2 aliphatic carbocycles. The van der Waals surface area contributed by atoms with E-state index < -0.39 is 5.54 Å². The summed E-state index contributed by atoms with van der Waals surface area (Å²) in [5, 5.41) is 11.8. The minimum atomic E-state index is -0.572. The van der Waals surface area contributed by atoms with Crippen LogP contribution in [0.3, 0.4) is 0 Å². The van der Waals surface area contributed by atoms with Crippen LogP contribution in [0, 0.1) is 16.0 Å². The van der Waals surface area contributed by atoms with Gasteiger partial charge >= 0.3 is 0 Å². The maximum absolute atomic E-state index is 11.8. The van der Waals surface area contributed by atoms with E-state index in [2.05, 4.69) is 0 Å². The highest BCUT2D eigenvalue weighted by molar-refractivity contribution is 4.89. The molecule has 0 amide bonds. The monoisotopic (exact) mass is 267 g/mol. The predicted octanol–water partition coefficient (Wildman–Crippen LogP) is 5.11. The lowest BCUT2D eigenvalue weighted by atomic mass is 9.70. The molecule has 2 saturated carbocycles. The first-order chi connectivity index (χ1) is 9.26. The number of hydrogen-bond acceptors (Lipinski definition) is 2. The Bertz CT molecular complexity index is 274. The molecule has 0 aliphatic heterocycles. The Morgan fingerprint density at radius 1 is 0.737 bits per heavy atom. The van der Waals surface area contributed by atoms with Gasteiger partial charge in [-0.05, 0) is 25.7 Å². The first-order valence-corrected chi connectivity index (χ1v) is 8.40. The zero-order chi connectivity index (χ0) is 13.6. The molecule has 0 aromatic carbocycles. The van der Waals surface area contributed by atoms with Gasteiger partial charge in [-0.1, -0.05) is 51.4 Å². The first-order valence-electron chi connectivity index (χ1n) is 8.40. The Labute approximate surface area is 117 Å². The highest BCUT2D eigenvalue weighted by atomic mass is 16.6. The quantitative estimate of drug-likeness (QED) is 0.515. The molecule has 2 rings (SSSR count). The van der Waals surface area contributed by atoms with Gasteiger partial charge in [-0.3, -0.25) is 10.1 Å². The fraction of sp³-hybridized carbons (Fsp3) is 1.00. The third-order valence-electron chi connectivity index (χ3n) is 5.45. The Kier molecular flexibility index (Phi) is 5.65. The fourth-order valence-corrected chi connectivity index (χ4v) is 4.25. The molecule has 0 radical (unpaired) electrons. The molecule has 110 valence electrons. The smallest absolute Gasteiger partial charge is 0.225 e. The molecule has 0 unspecified atom stereocenters. The summed E-state index contributed by atoms with van der Waals surface area (Å²) in [4.78, 5) is 12.0. The van der Waals surface area contributed by atoms with E-state index in [-0.39, 0.29) is 4.92 Å². The van der Waals surface area contributed by atoms with E-state index in [1.165, 1.54) is 51.4 Å². The van der Waals surface area contributed by atoms with Crippen molar-refractivity contribution < 1.29 is 4.92 Å². The van der Waals surface area contributed by atoms with Crippen LogP contribution in [0.15, 0.2) is 0 Å². The first kappa shape index (κ1) is 14.8. The summed E-state index contributed by atoms with van der Waals surface area (Å²) >= 11 is 0. The minimum absolute atomic E-state index is 0.130. The van der Waals surface area contributed by atoms with Crippen LogP contribution in [0.25, 0.3) is 0 Å². The van der Waals surface area contributed by atoms with Crippen LogP contribution in [0.5, 0.6) is 0 Å².